The van der Waals surface area contributed by atoms with Gasteiger partial charge in [-0.25, -0.2) is 4.39 Å². The fourth-order valence-corrected chi connectivity index (χ4v) is 2.28. The molecule has 1 rings (SSSR count). The molecule has 0 N–H and O–H groups in total. The fourth-order valence-electron chi connectivity index (χ4n) is 1.83. The molecule has 0 saturated heterocycles. The number of hydrogen-bond donors (Lipinski definition) is 0. The molecule has 96 valence electrons. The predicted octanol–water partition coefficient (Wildman–Crippen LogP) is 3.11. The maximum atomic E-state index is 13.8. The summed E-state index contributed by atoms with van der Waals surface area (Å²) in [5.74, 6) is -0.144. The Morgan fingerprint density at radius 2 is 1.88 bits per heavy atom. The quantitative estimate of drug-likeness (QED) is 0.745. The summed E-state index contributed by atoms with van der Waals surface area (Å²) in [6.07, 6.45) is 1.03. The summed E-state index contributed by atoms with van der Waals surface area (Å²) in [6.45, 7) is 1.88. The number of alkyl halides is 1. The van der Waals surface area contributed by atoms with Crippen molar-refractivity contribution in [3.05, 3.63) is 29.6 Å². The molecule has 0 bridgehead atoms. The molecule has 17 heavy (non-hydrogen) atoms. The van der Waals surface area contributed by atoms with E-state index >= 15 is 0 Å². The number of halogens is 2. The third-order valence-corrected chi connectivity index (χ3v) is 3.30. The van der Waals surface area contributed by atoms with E-state index in [2.05, 4.69) is 20.8 Å². The van der Waals surface area contributed by atoms with Gasteiger partial charge in [0.05, 0.1) is 5.69 Å². The monoisotopic (exact) mass is 302 g/mol. The molecule has 2 nitrogen and oxygen atoms in total. The lowest BCUT2D eigenvalue weighted by Crippen LogP contribution is -2.24. The highest BCUT2D eigenvalue weighted by molar-refractivity contribution is 9.08. The highest BCUT2D eigenvalue weighted by atomic mass is 79.9. The highest BCUT2D eigenvalue weighted by Crippen LogP contribution is 2.25. The molecule has 0 fully saturated rings. The van der Waals surface area contributed by atoms with Gasteiger partial charge in [0.25, 0.3) is 0 Å². The molecule has 4 heteroatoms. The van der Waals surface area contributed by atoms with Crippen LogP contribution in [0, 0.1) is 5.82 Å². The molecule has 1 aromatic rings. The number of rotatable bonds is 6. The summed E-state index contributed by atoms with van der Waals surface area (Å²) in [5, 5.41) is 0.679. The van der Waals surface area contributed by atoms with Crippen LogP contribution in [0.25, 0.3) is 0 Å². The normalized spacial score (nSPS) is 10.9. The van der Waals surface area contributed by atoms with Gasteiger partial charge in [-0.2, -0.15) is 0 Å². The first-order valence-electron chi connectivity index (χ1n) is 5.75. The summed E-state index contributed by atoms with van der Waals surface area (Å²) < 4.78 is 13.8. The summed E-state index contributed by atoms with van der Waals surface area (Å²) in [5.41, 5.74) is 1.71. The van der Waals surface area contributed by atoms with E-state index in [1.54, 1.807) is 6.07 Å². The largest absolute Gasteiger partial charge is 0.372 e. The Labute approximate surface area is 112 Å². The zero-order chi connectivity index (χ0) is 12.8. The second kappa shape index (κ2) is 6.97. The molecule has 1 aromatic carbocycles. The van der Waals surface area contributed by atoms with Crippen LogP contribution in [-0.2, 0) is 5.33 Å². The Hall–Kier alpha value is -0.610. The zero-order valence-corrected chi connectivity index (χ0v) is 12.3. The summed E-state index contributed by atoms with van der Waals surface area (Å²) >= 11 is 3.40. The highest BCUT2D eigenvalue weighted by Gasteiger charge is 2.11. The summed E-state index contributed by atoms with van der Waals surface area (Å²) in [4.78, 5) is 4.13. The van der Waals surface area contributed by atoms with Gasteiger partial charge in [-0.05, 0) is 38.7 Å². The predicted molar refractivity (Wildman–Crippen MR) is 75.5 cm³/mol. The van der Waals surface area contributed by atoms with Gasteiger partial charge in [-0.3, -0.25) is 0 Å². The lowest BCUT2D eigenvalue weighted by atomic mass is 10.1. The molecule has 0 spiro atoms. The van der Waals surface area contributed by atoms with E-state index < -0.39 is 0 Å². The molecule has 0 unspecified atom stereocenters. The topological polar surface area (TPSA) is 6.48 Å². The summed E-state index contributed by atoms with van der Waals surface area (Å²) in [7, 11) is 6.04. The molecule has 0 radical (unpaired) electrons. The lowest BCUT2D eigenvalue weighted by Gasteiger charge is -2.23. The second-order valence-electron chi connectivity index (χ2n) is 4.46. The van der Waals surface area contributed by atoms with Gasteiger partial charge in [-0.1, -0.05) is 28.1 Å². The van der Waals surface area contributed by atoms with Gasteiger partial charge in [0, 0.05) is 18.9 Å². The van der Waals surface area contributed by atoms with E-state index in [9.17, 15) is 4.39 Å². The van der Waals surface area contributed by atoms with Crippen molar-refractivity contribution in [1.82, 2.24) is 4.90 Å². The van der Waals surface area contributed by atoms with E-state index in [1.165, 1.54) is 6.07 Å². The Kier molecular flexibility index (Phi) is 5.92. The number of hydrogen-bond acceptors (Lipinski definition) is 2. The fraction of sp³-hybridized carbons (Fsp3) is 0.538. The Balaban J connectivity index is 2.70. The van der Waals surface area contributed by atoms with Crippen LogP contribution in [-0.4, -0.2) is 39.1 Å². The lowest BCUT2D eigenvalue weighted by molar-refractivity contribution is 0.401. The first-order valence-corrected chi connectivity index (χ1v) is 6.87. The Morgan fingerprint density at radius 3 is 2.47 bits per heavy atom. The molecule has 0 heterocycles. The SMILES string of the molecule is CN(C)CCCN(C)c1c(F)cccc1CBr. The van der Waals surface area contributed by atoms with Crippen molar-refractivity contribution in [2.24, 2.45) is 0 Å². The minimum atomic E-state index is -0.144. The van der Waals surface area contributed by atoms with Crippen molar-refractivity contribution >= 4 is 21.6 Å². The average Bonchev–Trinajstić information content (AvgIpc) is 2.27. The molecular formula is C13H20BrFN2. The second-order valence-corrected chi connectivity index (χ2v) is 5.02. The smallest absolute Gasteiger partial charge is 0.146 e. The van der Waals surface area contributed by atoms with Crippen LogP contribution in [0.5, 0.6) is 0 Å². The standard InChI is InChI=1S/C13H20BrFN2/c1-16(2)8-5-9-17(3)13-11(10-14)6-4-7-12(13)15/h4,6-7H,5,8-10H2,1-3H3. The number of nitrogens with zero attached hydrogens (tertiary/aromatic N) is 2. The average molecular weight is 303 g/mol. The van der Waals surface area contributed by atoms with E-state index in [0.29, 0.717) is 11.0 Å². The number of para-hydroxylation sites is 1. The van der Waals surface area contributed by atoms with Gasteiger partial charge in [0.15, 0.2) is 0 Å². The molecule has 0 aliphatic rings. The molecule has 0 aromatic heterocycles. The van der Waals surface area contributed by atoms with Crippen molar-refractivity contribution in [3.63, 3.8) is 0 Å². The molecule has 0 aliphatic heterocycles. The van der Waals surface area contributed by atoms with Crippen molar-refractivity contribution < 1.29 is 4.39 Å². The van der Waals surface area contributed by atoms with Crippen LogP contribution in [0.3, 0.4) is 0 Å². The van der Waals surface area contributed by atoms with Crippen LogP contribution < -0.4 is 4.90 Å². The van der Waals surface area contributed by atoms with Gasteiger partial charge < -0.3 is 9.80 Å². The maximum absolute atomic E-state index is 13.8. The van der Waals surface area contributed by atoms with Gasteiger partial charge >= 0.3 is 0 Å². The van der Waals surface area contributed by atoms with E-state index in [4.69, 9.17) is 0 Å². The first kappa shape index (κ1) is 14.5. The van der Waals surface area contributed by atoms with Crippen molar-refractivity contribution in [2.75, 3.05) is 39.1 Å². The minimum absolute atomic E-state index is 0.144. The zero-order valence-electron chi connectivity index (χ0n) is 10.7. The van der Waals surface area contributed by atoms with Crippen LogP contribution in [0.15, 0.2) is 18.2 Å². The molecule has 0 atom stereocenters. The first-order chi connectivity index (χ1) is 8.06. The summed E-state index contributed by atoms with van der Waals surface area (Å²) in [6, 6.07) is 5.22. The third kappa shape index (κ3) is 4.28. The van der Waals surface area contributed by atoms with Crippen LogP contribution >= 0.6 is 15.9 Å². The third-order valence-electron chi connectivity index (χ3n) is 2.69. The van der Waals surface area contributed by atoms with E-state index in [0.717, 1.165) is 25.1 Å². The minimum Gasteiger partial charge on any atom is -0.372 e. The van der Waals surface area contributed by atoms with Gasteiger partial charge in [-0.15, -0.1) is 0 Å². The maximum Gasteiger partial charge on any atom is 0.146 e. The van der Waals surface area contributed by atoms with Crippen molar-refractivity contribution in [2.45, 2.75) is 11.8 Å². The van der Waals surface area contributed by atoms with Gasteiger partial charge in [0.1, 0.15) is 5.82 Å². The van der Waals surface area contributed by atoms with Crippen LogP contribution in [0.1, 0.15) is 12.0 Å². The van der Waals surface area contributed by atoms with Crippen LogP contribution in [0.2, 0.25) is 0 Å². The van der Waals surface area contributed by atoms with Crippen molar-refractivity contribution in [1.29, 1.82) is 0 Å². The van der Waals surface area contributed by atoms with E-state index in [-0.39, 0.29) is 5.82 Å². The van der Waals surface area contributed by atoms with E-state index in [1.807, 2.05) is 32.1 Å². The molecule has 0 saturated carbocycles. The van der Waals surface area contributed by atoms with Crippen molar-refractivity contribution in [3.8, 4) is 0 Å². The van der Waals surface area contributed by atoms with Crippen LogP contribution in [0.4, 0.5) is 10.1 Å². The Bertz CT molecular complexity index is 355. The van der Waals surface area contributed by atoms with Gasteiger partial charge in [0.2, 0.25) is 0 Å². The molecular weight excluding hydrogens is 283 g/mol. The molecule has 0 amide bonds. The number of benzene rings is 1. The Morgan fingerprint density at radius 1 is 1.18 bits per heavy atom. The number of anilines is 1. The molecule has 0 aliphatic carbocycles.